The van der Waals surface area contributed by atoms with Crippen LogP contribution in [0.4, 0.5) is 4.39 Å². The quantitative estimate of drug-likeness (QED) is 0.887. The minimum atomic E-state index is -0.921. The lowest BCUT2D eigenvalue weighted by Crippen LogP contribution is -2.33. The number of halogens is 2. The van der Waals surface area contributed by atoms with Gasteiger partial charge in [-0.1, -0.05) is 11.6 Å². The third-order valence-corrected chi connectivity index (χ3v) is 4.04. The van der Waals surface area contributed by atoms with E-state index in [1.807, 2.05) is 27.7 Å². The Morgan fingerprint density at radius 2 is 2.00 bits per heavy atom. The van der Waals surface area contributed by atoms with Gasteiger partial charge >= 0.3 is 0 Å². The highest BCUT2D eigenvalue weighted by atomic mass is 35.5. The van der Waals surface area contributed by atoms with E-state index in [1.54, 1.807) is 0 Å². The van der Waals surface area contributed by atoms with Crippen LogP contribution in [0.25, 0.3) is 0 Å². The molecule has 1 N–H and O–H groups in total. The van der Waals surface area contributed by atoms with Crippen molar-refractivity contribution in [2.75, 3.05) is 0 Å². The third kappa shape index (κ3) is 2.93. The Morgan fingerprint density at radius 3 is 2.53 bits per heavy atom. The zero-order valence-electron chi connectivity index (χ0n) is 11.7. The topological polar surface area (TPSA) is 29.5 Å². The molecule has 1 aliphatic rings. The Morgan fingerprint density at radius 1 is 1.37 bits per heavy atom. The Kier molecular flexibility index (Phi) is 3.67. The van der Waals surface area contributed by atoms with Crippen molar-refractivity contribution in [3.05, 3.63) is 34.6 Å². The van der Waals surface area contributed by atoms with Gasteiger partial charge in [0.2, 0.25) is 0 Å². The summed E-state index contributed by atoms with van der Waals surface area (Å²) < 4.78 is 19.8. The fourth-order valence-electron chi connectivity index (χ4n) is 3.05. The van der Waals surface area contributed by atoms with E-state index in [2.05, 4.69) is 0 Å². The molecule has 1 aromatic rings. The minimum absolute atomic E-state index is 0.171. The molecule has 2 unspecified atom stereocenters. The molecule has 0 aliphatic carbocycles. The van der Waals surface area contributed by atoms with E-state index in [9.17, 15) is 9.50 Å². The minimum Gasteiger partial charge on any atom is -0.388 e. The second kappa shape index (κ2) is 4.72. The van der Waals surface area contributed by atoms with Crippen LogP contribution in [-0.4, -0.2) is 16.3 Å². The lowest BCUT2D eigenvalue weighted by molar-refractivity contribution is -0.0882. The van der Waals surface area contributed by atoms with Crippen LogP contribution >= 0.6 is 11.6 Å². The smallest absolute Gasteiger partial charge is 0.129 e. The Bertz CT molecular complexity index is 485. The van der Waals surface area contributed by atoms with Crippen LogP contribution in [0.1, 0.15) is 45.8 Å². The fraction of sp³-hybridized carbons (Fsp3) is 0.600. The summed E-state index contributed by atoms with van der Waals surface area (Å²) >= 11 is 5.89. The van der Waals surface area contributed by atoms with Gasteiger partial charge < -0.3 is 9.84 Å². The van der Waals surface area contributed by atoms with Crippen LogP contribution in [-0.2, 0) is 4.74 Å². The third-order valence-electron chi connectivity index (χ3n) is 3.80. The summed E-state index contributed by atoms with van der Waals surface area (Å²) in [6, 6.07) is 4.26. The molecule has 106 valence electrons. The van der Waals surface area contributed by atoms with Crippen molar-refractivity contribution in [2.24, 2.45) is 5.92 Å². The first-order chi connectivity index (χ1) is 8.62. The average molecular weight is 287 g/mol. The molecule has 2 nitrogen and oxygen atoms in total. The summed E-state index contributed by atoms with van der Waals surface area (Å²) in [5.74, 6) is -0.604. The normalized spacial score (nSPS) is 26.4. The summed E-state index contributed by atoms with van der Waals surface area (Å²) in [7, 11) is 0. The molecule has 1 aliphatic heterocycles. The first-order valence-corrected chi connectivity index (χ1v) is 6.83. The van der Waals surface area contributed by atoms with Gasteiger partial charge in [0, 0.05) is 16.5 Å². The number of rotatable bonds is 2. The Labute approximate surface area is 118 Å². The summed E-state index contributed by atoms with van der Waals surface area (Å²) in [5, 5.41) is 10.9. The molecule has 0 saturated carbocycles. The summed E-state index contributed by atoms with van der Waals surface area (Å²) in [5.41, 5.74) is -0.575. The molecule has 2 rings (SSSR count). The summed E-state index contributed by atoms with van der Waals surface area (Å²) in [6.07, 6.45) is -0.247. The first-order valence-electron chi connectivity index (χ1n) is 6.45. The van der Waals surface area contributed by atoms with Gasteiger partial charge in [0.05, 0.1) is 17.3 Å². The SMILES string of the molecule is CC1(C)CC(C(O)c2cc(Cl)ccc2F)C(C)(C)O1. The predicted octanol–water partition coefficient (Wildman–Crippen LogP) is 4.11. The Balaban J connectivity index is 2.34. The standard InChI is InChI=1S/C15H20ClFO2/c1-14(2)8-11(15(3,4)19-14)13(18)10-7-9(16)5-6-12(10)17/h5-7,11,13,18H,8H2,1-4H3. The molecule has 0 bridgehead atoms. The van der Waals surface area contributed by atoms with Gasteiger partial charge in [0.25, 0.3) is 0 Å². The van der Waals surface area contributed by atoms with E-state index in [4.69, 9.17) is 16.3 Å². The monoisotopic (exact) mass is 286 g/mol. The van der Waals surface area contributed by atoms with Gasteiger partial charge in [0.15, 0.2) is 0 Å². The van der Waals surface area contributed by atoms with Gasteiger partial charge in [-0.2, -0.15) is 0 Å². The van der Waals surface area contributed by atoms with E-state index in [1.165, 1.54) is 18.2 Å². The number of ether oxygens (including phenoxy) is 1. The zero-order chi connectivity index (χ0) is 14.4. The van der Waals surface area contributed by atoms with Crippen molar-refractivity contribution in [3.63, 3.8) is 0 Å². The molecule has 2 atom stereocenters. The van der Waals surface area contributed by atoms with E-state index in [-0.39, 0.29) is 17.1 Å². The van der Waals surface area contributed by atoms with E-state index in [0.29, 0.717) is 11.4 Å². The highest BCUT2D eigenvalue weighted by Crippen LogP contribution is 2.48. The van der Waals surface area contributed by atoms with Crippen LogP contribution in [0.3, 0.4) is 0 Å². The maximum absolute atomic E-state index is 13.9. The maximum Gasteiger partial charge on any atom is 0.129 e. The highest BCUT2D eigenvalue weighted by Gasteiger charge is 2.49. The molecule has 1 fully saturated rings. The van der Waals surface area contributed by atoms with Crippen LogP contribution < -0.4 is 0 Å². The zero-order valence-corrected chi connectivity index (χ0v) is 12.5. The largest absolute Gasteiger partial charge is 0.388 e. The summed E-state index contributed by atoms with van der Waals surface area (Å²) in [6.45, 7) is 7.82. The lowest BCUT2D eigenvalue weighted by atomic mass is 9.80. The van der Waals surface area contributed by atoms with E-state index >= 15 is 0 Å². The maximum atomic E-state index is 13.9. The Hall–Kier alpha value is -0.640. The van der Waals surface area contributed by atoms with E-state index in [0.717, 1.165) is 0 Å². The van der Waals surface area contributed by atoms with Crippen molar-refractivity contribution in [1.82, 2.24) is 0 Å². The van der Waals surface area contributed by atoms with Gasteiger partial charge in [0.1, 0.15) is 5.82 Å². The van der Waals surface area contributed by atoms with Crippen molar-refractivity contribution in [2.45, 2.75) is 51.4 Å². The summed E-state index contributed by atoms with van der Waals surface area (Å²) in [4.78, 5) is 0. The fourth-order valence-corrected chi connectivity index (χ4v) is 3.24. The first kappa shape index (κ1) is 14.8. The number of aliphatic hydroxyl groups is 1. The second-order valence-corrected chi connectivity index (χ2v) is 6.82. The molecule has 0 aromatic heterocycles. The van der Waals surface area contributed by atoms with Crippen LogP contribution in [0.15, 0.2) is 18.2 Å². The van der Waals surface area contributed by atoms with E-state index < -0.39 is 17.5 Å². The number of hydrogen-bond donors (Lipinski definition) is 1. The van der Waals surface area contributed by atoms with Crippen LogP contribution in [0, 0.1) is 11.7 Å². The molecule has 1 aromatic carbocycles. The molecule has 0 spiro atoms. The molecule has 0 radical (unpaired) electrons. The molecule has 1 saturated heterocycles. The van der Waals surface area contributed by atoms with Crippen molar-refractivity contribution in [1.29, 1.82) is 0 Å². The predicted molar refractivity (Wildman–Crippen MR) is 73.7 cm³/mol. The van der Waals surface area contributed by atoms with Gasteiger partial charge in [-0.3, -0.25) is 0 Å². The molecule has 1 heterocycles. The number of benzene rings is 1. The van der Waals surface area contributed by atoms with Crippen molar-refractivity contribution < 1.29 is 14.2 Å². The van der Waals surface area contributed by atoms with Crippen LogP contribution in [0.5, 0.6) is 0 Å². The molecule has 4 heteroatoms. The second-order valence-electron chi connectivity index (χ2n) is 6.39. The molecule has 0 amide bonds. The number of hydrogen-bond acceptors (Lipinski definition) is 2. The molecular formula is C15H20ClFO2. The lowest BCUT2D eigenvalue weighted by Gasteiger charge is -2.30. The highest BCUT2D eigenvalue weighted by molar-refractivity contribution is 6.30. The van der Waals surface area contributed by atoms with Gasteiger partial charge in [-0.05, 0) is 52.3 Å². The van der Waals surface area contributed by atoms with Gasteiger partial charge in [-0.15, -0.1) is 0 Å². The van der Waals surface area contributed by atoms with Crippen molar-refractivity contribution >= 4 is 11.6 Å². The number of aliphatic hydroxyl groups excluding tert-OH is 1. The van der Waals surface area contributed by atoms with Crippen LogP contribution in [0.2, 0.25) is 5.02 Å². The molecule has 19 heavy (non-hydrogen) atoms. The van der Waals surface area contributed by atoms with Crippen molar-refractivity contribution in [3.8, 4) is 0 Å². The average Bonchev–Trinajstić information content (AvgIpc) is 2.49. The van der Waals surface area contributed by atoms with Gasteiger partial charge in [-0.25, -0.2) is 4.39 Å². The molecular weight excluding hydrogens is 267 g/mol.